The monoisotopic (exact) mass is 324 g/mol. The zero-order valence-electron chi connectivity index (χ0n) is 13.6. The highest BCUT2D eigenvalue weighted by atomic mass is 32.2. The average molecular weight is 324 g/mol. The van der Waals surface area contributed by atoms with Crippen LogP contribution in [0.4, 0.5) is 0 Å². The molecule has 0 aromatic heterocycles. The lowest BCUT2D eigenvalue weighted by atomic mass is 9.87. The number of hydrogen-bond donors (Lipinski definition) is 1. The van der Waals surface area contributed by atoms with E-state index in [1.807, 2.05) is 32.9 Å². The Morgan fingerprint density at radius 3 is 2.45 bits per heavy atom. The summed E-state index contributed by atoms with van der Waals surface area (Å²) in [4.78, 5) is 13.4. The van der Waals surface area contributed by atoms with E-state index in [0.717, 1.165) is 5.56 Å². The van der Waals surface area contributed by atoms with Crippen molar-refractivity contribution in [1.82, 2.24) is 9.62 Å². The Hall–Kier alpha value is -1.40. The van der Waals surface area contributed by atoms with Crippen LogP contribution in [-0.2, 0) is 20.2 Å². The lowest BCUT2D eigenvalue weighted by Crippen LogP contribution is -2.48. The second kappa shape index (κ2) is 6.01. The number of carbonyl (C=O) groups is 1. The zero-order valence-corrected chi connectivity index (χ0v) is 14.4. The van der Waals surface area contributed by atoms with Crippen molar-refractivity contribution in [1.29, 1.82) is 0 Å². The van der Waals surface area contributed by atoms with Gasteiger partial charge in [0.15, 0.2) is 0 Å². The normalized spacial score (nSPS) is 20.3. The zero-order chi connectivity index (χ0) is 16.5. The van der Waals surface area contributed by atoms with Gasteiger partial charge in [0, 0.05) is 26.1 Å². The maximum Gasteiger partial charge on any atom is 0.241 e. The molecule has 5 nitrogen and oxygen atoms in total. The van der Waals surface area contributed by atoms with Crippen molar-refractivity contribution < 1.29 is 13.2 Å². The summed E-state index contributed by atoms with van der Waals surface area (Å²) in [5.74, 6) is 0.0607. The molecule has 22 heavy (non-hydrogen) atoms. The van der Waals surface area contributed by atoms with Crippen LogP contribution in [-0.4, -0.2) is 38.9 Å². The van der Waals surface area contributed by atoms with E-state index in [1.54, 1.807) is 24.1 Å². The van der Waals surface area contributed by atoms with Crippen LogP contribution >= 0.6 is 0 Å². The number of nitrogens with one attached hydrogen (secondary N) is 1. The first kappa shape index (κ1) is 17.0. The Balaban J connectivity index is 2.27. The van der Waals surface area contributed by atoms with Gasteiger partial charge in [-0.1, -0.05) is 39.0 Å². The van der Waals surface area contributed by atoms with Crippen LogP contribution in [0.5, 0.6) is 0 Å². The SMILES string of the molecule is CN1C[C@H](NS(=O)(=O)c2ccccc2C(C)(C)C)CCC1=O. The minimum Gasteiger partial charge on any atom is -0.344 e. The van der Waals surface area contributed by atoms with Gasteiger partial charge in [-0.15, -0.1) is 0 Å². The number of piperidine rings is 1. The Bertz CT molecular complexity index is 662. The van der Waals surface area contributed by atoms with E-state index < -0.39 is 10.0 Å². The highest BCUT2D eigenvalue weighted by Crippen LogP contribution is 2.29. The van der Waals surface area contributed by atoms with Crippen LogP contribution in [0.3, 0.4) is 0 Å². The molecule has 1 atom stereocenters. The summed E-state index contributed by atoms with van der Waals surface area (Å²) in [6.45, 7) is 6.40. The number of nitrogens with zero attached hydrogens (tertiary/aromatic N) is 1. The van der Waals surface area contributed by atoms with Gasteiger partial charge in [-0.3, -0.25) is 4.79 Å². The topological polar surface area (TPSA) is 66.5 Å². The standard InChI is InChI=1S/C16H24N2O3S/c1-16(2,3)13-7-5-6-8-14(13)22(20,21)17-12-9-10-15(19)18(4)11-12/h5-8,12,17H,9-11H2,1-4H3/t12-/m1/s1. The lowest BCUT2D eigenvalue weighted by Gasteiger charge is -2.30. The predicted molar refractivity (Wildman–Crippen MR) is 86.1 cm³/mol. The molecule has 1 fully saturated rings. The third kappa shape index (κ3) is 3.67. The van der Waals surface area contributed by atoms with Gasteiger partial charge in [-0.2, -0.15) is 0 Å². The Morgan fingerprint density at radius 1 is 1.23 bits per heavy atom. The van der Waals surface area contributed by atoms with Crippen LogP contribution in [0.1, 0.15) is 39.2 Å². The number of likely N-dealkylation sites (tertiary alicyclic amines) is 1. The molecule has 1 aliphatic rings. The molecule has 122 valence electrons. The van der Waals surface area contributed by atoms with Gasteiger partial charge in [0.25, 0.3) is 0 Å². The van der Waals surface area contributed by atoms with Gasteiger partial charge < -0.3 is 4.90 Å². The highest BCUT2D eigenvalue weighted by Gasteiger charge is 2.30. The molecule has 6 heteroatoms. The average Bonchev–Trinajstić information content (AvgIpc) is 2.42. The van der Waals surface area contributed by atoms with Crippen LogP contribution in [0.2, 0.25) is 0 Å². The van der Waals surface area contributed by atoms with Crippen molar-refractivity contribution >= 4 is 15.9 Å². The molecule has 1 saturated heterocycles. The summed E-state index contributed by atoms with van der Waals surface area (Å²) >= 11 is 0. The second-order valence-electron chi connectivity index (χ2n) is 6.88. The molecule has 0 aliphatic carbocycles. The molecule has 1 aromatic carbocycles. The summed E-state index contributed by atoms with van der Waals surface area (Å²) in [6.07, 6.45) is 0.921. The van der Waals surface area contributed by atoms with E-state index in [-0.39, 0.29) is 17.4 Å². The van der Waals surface area contributed by atoms with Gasteiger partial charge in [0.05, 0.1) is 4.90 Å². The van der Waals surface area contributed by atoms with Crippen LogP contribution in [0.25, 0.3) is 0 Å². The van der Waals surface area contributed by atoms with E-state index in [1.165, 1.54) is 0 Å². The summed E-state index contributed by atoms with van der Waals surface area (Å²) in [6, 6.07) is 6.85. The lowest BCUT2D eigenvalue weighted by molar-refractivity contribution is -0.132. The molecule has 2 rings (SSSR count). The first-order chi connectivity index (χ1) is 10.1. The van der Waals surface area contributed by atoms with Crippen molar-refractivity contribution in [3.05, 3.63) is 29.8 Å². The molecule has 0 bridgehead atoms. The van der Waals surface area contributed by atoms with Gasteiger partial charge in [0.1, 0.15) is 0 Å². The third-order valence-corrected chi connectivity index (χ3v) is 5.51. The van der Waals surface area contributed by atoms with Crippen molar-refractivity contribution in [2.24, 2.45) is 0 Å². The Labute approximate surface area is 132 Å². The third-order valence-electron chi connectivity index (χ3n) is 3.93. The van der Waals surface area contributed by atoms with Gasteiger partial charge >= 0.3 is 0 Å². The van der Waals surface area contributed by atoms with Crippen LogP contribution < -0.4 is 4.72 Å². The summed E-state index contributed by atoms with van der Waals surface area (Å²) in [5.41, 5.74) is 0.535. The summed E-state index contributed by atoms with van der Waals surface area (Å²) < 4.78 is 28.2. The van der Waals surface area contributed by atoms with E-state index in [4.69, 9.17) is 0 Å². The molecular weight excluding hydrogens is 300 g/mol. The number of rotatable bonds is 3. The predicted octanol–water partition coefficient (Wildman–Crippen LogP) is 1.88. The van der Waals surface area contributed by atoms with E-state index >= 15 is 0 Å². The van der Waals surface area contributed by atoms with Crippen molar-refractivity contribution in [2.45, 2.75) is 50.0 Å². The molecule has 1 N–H and O–H groups in total. The second-order valence-corrected chi connectivity index (χ2v) is 8.56. The fraction of sp³-hybridized carbons (Fsp3) is 0.562. The summed E-state index contributed by atoms with van der Waals surface area (Å²) in [5, 5.41) is 0. The van der Waals surface area contributed by atoms with Crippen LogP contribution in [0.15, 0.2) is 29.2 Å². The number of amides is 1. The smallest absolute Gasteiger partial charge is 0.241 e. The van der Waals surface area contributed by atoms with Crippen molar-refractivity contribution in [3.63, 3.8) is 0 Å². The Kier molecular flexibility index (Phi) is 4.63. The number of likely N-dealkylation sites (N-methyl/N-ethyl adjacent to an activating group) is 1. The number of carbonyl (C=O) groups excluding carboxylic acids is 1. The fourth-order valence-corrected chi connectivity index (χ4v) is 4.39. The minimum atomic E-state index is -3.60. The minimum absolute atomic E-state index is 0.0607. The van der Waals surface area contributed by atoms with Crippen LogP contribution in [0, 0.1) is 0 Å². The largest absolute Gasteiger partial charge is 0.344 e. The first-order valence-electron chi connectivity index (χ1n) is 7.47. The molecular formula is C16H24N2O3S. The maximum atomic E-state index is 12.7. The number of hydrogen-bond acceptors (Lipinski definition) is 3. The van der Waals surface area contributed by atoms with Crippen molar-refractivity contribution in [2.75, 3.05) is 13.6 Å². The van der Waals surface area contributed by atoms with E-state index in [9.17, 15) is 13.2 Å². The fourth-order valence-electron chi connectivity index (χ4n) is 2.71. The number of sulfonamides is 1. The van der Waals surface area contributed by atoms with E-state index in [0.29, 0.717) is 24.3 Å². The highest BCUT2D eigenvalue weighted by molar-refractivity contribution is 7.89. The Morgan fingerprint density at radius 2 is 1.86 bits per heavy atom. The molecule has 0 radical (unpaired) electrons. The molecule has 1 amide bonds. The maximum absolute atomic E-state index is 12.7. The molecule has 0 spiro atoms. The first-order valence-corrected chi connectivity index (χ1v) is 8.95. The quantitative estimate of drug-likeness (QED) is 0.923. The number of benzene rings is 1. The molecule has 1 heterocycles. The van der Waals surface area contributed by atoms with Gasteiger partial charge in [-0.05, 0) is 23.5 Å². The van der Waals surface area contributed by atoms with Crippen molar-refractivity contribution in [3.8, 4) is 0 Å². The molecule has 1 aromatic rings. The summed E-state index contributed by atoms with van der Waals surface area (Å²) in [7, 11) is -1.90. The molecule has 0 saturated carbocycles. The van der Waals surface area contributed by atoms with Gasteiger partial charge in [-0.25, -0.2) is 13.1 Å². The molecule has 0 unspecified atom stereocenters. The van der Waals surface area contributed by atoms with Gasteiger partial charge in [0.2, 0.25) is 15.9 Å². The van der Waals surface area contributed by atoms with E-state index in [2.05, 4.69) is 4.72 Å². The molecule has 1 aliphatic heterocycles.